The van der Waals surface area contributed by atoms with E-state index in [0.29, 0.717) is 18.8 Å². The number of benzene rings is 1. The Balaban J connectivity index is 1.19. The number of rotatable bonds is 7. The molecule has 158 valence electrons. The molecule has 3 heterocycles. The number of imidazole rings is 1. The first-order valence-electron chi connectivity index (χ1n) is 9.97. The molecule has 1 fully saturated rings. The van der Waals surface area contributed by atoms with E-state index >= 15 is 0 Å². The summed E-state index contributed by atoms with van der Waals surface area (Å²) >= 11 is 3.33. The highest BCUT2D eigenvalue weighted by atomic mass is 32.2. The number of ether oxygens (including phenoxy) is 1. The Labute approximate surface area is 184 Å². The van der Waals surface area contributed by atoms with Gasteiger partial charge in [-0.1, -0.05) is 23.9 Å². The van der Waals surface area contributed by atoms with Crippen LogP contribution in [0.25, 0.3) is 0 Å². The van der Waals surface area contributed by atoms with E-state index < -0.39 is 0 Å². The highest BCUT2D eigenvalue weighted by molar-refractivity contribution is 7.98. The maximum absolute atomic E-state index is 12.5. The van der Waals surface area contributed by atoms with Crippen molar-refractivity contribution in [2.45, 2.75) is 24.3 Å². The van der Waals surface area contributed by atoms with Crippen LogP contribution >= 0.6 is 23.1 Å². The normalized spacial score (nSPS) is 14.8. The standard InChI is InChI=1S/C21H25N5O2S2/c1-16-24-18(15-29-16)6-9-25-10-12-26(13-11-25)21(27)28-19-4-2-17(3-5-19)14-30-20-22-7-8-23-20/h2-5,7-8,15H,6,9-14H2,1H3,(H,22,23). The van der Waals surface area contributed by atoms with Crippen LogP contribution in [0.5, 0.6) is 5.75 Å². The number of aromatic amines is 1. The van der Waals surface area contributed by atoms with Gasteiger partial charge in [-0.05, 0) is 24.6 Å². The molecular formula is C21H25N5O2S2. The lowest BCUT2D eigenvalue weighted by molar-refractivity contribution is 0.111. The molecule has 0 unspecified atom stereocenters. The van der Waals surface area contributed by atoms with Gasteiger partial charge in [0.25, 0.3) is 0 Å². The Morgan fingerprint density at radius 2 is 2.03 bits per heavy atom. The van der Waals surface area contributed by atoms with E-state index in [0.717, 1.165) is 53.2 Å². The van der Waals surface area contributed by atoms with Crippen molar-refractivity contribution >= 4 is 29.2 Å². The fourth-order valence-electron chi connectivity index (χ4n) is 3.25. The third-order valence-electron chi connectivity index (χ3n) is 4.96. The van der Waals surface area contributed by atoms with Gasteiger partial charge >= 0.3 is 6.09 Å². The molecule has 0 saturated carbocycles. The molecule has 1 N–H and O–H groups in total. The summed E-state index contributed by atoms with van der Waals surface area (Å²) in [5.41, 5.74) is 2.31. The summed E-state index contributed by atoms with van der Waals surface area (Å²) in [7, 11) is 0. The number of aromatic nitrogens is 3. The van der Waals surface area contributed by atoms with E-state index in [1.54, 1.807) is 34.2 Å². The van der Waals surface area contributed by atoms with Crippen LogP contribution in [0.1, 0.15) is 16.3 Å². The van der Waals surface area contributed by atoms with Gasteiger partial charge in [0.05, 0.1) is 10.7 Å². The number of thioether (sulfide) groups is 1. The number of hydrogen-bond donors (Lipinski definition) is 1. The van der Waals surface area contributed by atoms with Gasteiger partial charge in [0.15, 0.2) is 5.16 Å². The van der Waals surface area contributed by atoms with E-state index in [1.165, 1.54) is 0 Å². The molecule has 1 aliphatic rings. The second-order valence-electron chi connectivity index (χ2n) is 7.13. The van der Waals surface area contributed by atoms with E-state index in [4.69, 9.17) is 4.74 Å². The average Bonchev–Trinajstić information content (AvgIpc) is 3.44. The van der Waals surface area contributed by atoms with Crippen LogP contribution in [0, 0.1) is 6.92 Å². The summed E-state index contributed by atoms with van der Waals surface area (Å²) < 4.78 is 5.56. The molecule has 1 amide bonds. The molecule has 0 atom stereocenters. The van der Waals surface area contributed by atoms with E-state index in [-0.39, 0.29) is 6.09 Å². The third kappa shape index (κ3) is 5.84. The minimum absolute atomic E-state index is 0.275. The molecule has 2 aromatic heterocycles. The molecule has 0 aliphatic carbocycles. The summed E-state index contributed by atoms with van der Waals surface area (Å²) in [5, 5.41) is 4.14. The van der Waals surface area contributed by atoms with Crippen molar-refractivity contribution in [3.63, 3.8) is 0 Å². The van der Waals surface area contributed by atoms with Gasteiger partial charge in [0.1, 0.15) is 5.75 Å². The Morgan fingerprint density at radius 3 is 2.70 bits per heavy atom. The molecule has 1 aliphatic heterocycles. The summed E-state index contributed by atoms with van der Waals surface area (Å²) in [6.45, 7) is 6.11. The van der Waals surface area contributed by atoms with Gasteiger partial charge in [-0.25, -0.2) is 14.8 Å². The Morgan fingerprint density at radius 1 is 1.23 bits per heavy atom. The number of nitrogens with one attached hydrogen (secondary N) is 1. The van der Waals surface area contributed by atoms with Gasteiger partial charge in [0, 0.05) is 62.7 Å². The topological polar surface area (TPSA) is 74.3 Å². The van der Waals surface area contributed by atoms with Crippen molar-refractivity contribution in [2.24, 2.45) is 0 Å². The smallest absolute Gasteiger partial charge is 0.410 e. The van der Waals surface area contributed by atoms with Crippen LogP contribution < -0.4 is 4.74 Å². The molecule has 9 heteroatoms. The molecule has 0 radical (unpaired) electrons. The Hall–Kier alpha value is -2.36. The molecule has 0 spiro atoms. The third-order valence-corrected chi connectivity index (χ3v) is 6.76. The Bertz CT molecular complexity index is 935. The molecule has 4 rings (SSSR count). The van der Waals surface area contributed by atoms with Crippen LogP contribution in [-0.2, 0) is 12.2 Å². The fraction of sp³-hybridized carbons (Fsp3) is 0.381. The maximum atomic E-state index is 12.5. The van der Waals surface area contributed by atoms with E-state index in [2.05, 4.69) is 25.2 Å². The van der Waals surface area contributed by atoms with E-state index in [9.17, 15) is 4.79 Å². The lowest BCUT2D eigenvalue weighted by Gasteiger charge is -2.33. The Kier molecular flexibility index (Phi) is 7.03. The molecule has 1 aromatic carbocycles. The molecule has 7 nitrogen and oxygen atoms in total. The molecular weight excluding hydrogens is 418 g/mol. The van der Waals surface area contributed by atoms with Crippen LogP contribution in [-0.4, -0.2) is 63.6 Å². The van der Waals surface area contributed by atoms with Crippen LogP contribution in [0.15, 0.2) is 47.2 Å². The SMILES string of the molecule is Cc1nc(CCN2CCN(C(=O)Oc3ccc(CSc4ncc[nH]4)cc3)CC2)cs1. The van der Waals surface area contributed by atoms with Crippen molar-refractivity contribution in [1.82, 2.24) is 24.8 Å². The summed E-state index contributed by atoms with van der Waals surface area (Å²) in [4.78, 5) is 28.4. The van der Waals surface area contributed by atoms with Gasteiger partial charge in [0.2, 0.25) is 0 Å². The molecule has 30 heavy (non-hydrogen) atoms. The van der Waals surface area contributed by atoms with Crippen molar-refractivity contribution in [3.8, 4) is 5.75 Å². The average molecular weight is 444 g/mol. The highest BCUT2D eigenvalue weighted by Crippen LogP contribution is 2.21. The monoisotopic (exact) mass is 443 g/mol. The van der Waals surface area contributed by atoms with Gasteiger partial charge in [-0.15, -0.1) is 11.3 Å². The zero-order chi connectivity index (χ0) is 20.8. The second-order valence-corrected chi connectivity index (χ2v) is 9.16. The van der Waals surface area contributed by atoms with Crippen molar-refractivity contribution < 1.29 is 9.53 Å². The minimum Gasteiger partial charge on any atom is -0.410 e. The first-order chi connectivity index (χ1) is 14.7. The lowest BCUT2D eigenvalue weighted by atomic mass is 10.2. The summed E-state index contributed by atoms with van der Waals surface area (Å²) in [5.74, 6) is 1.39. The quantitative estimate of drug-likeness (QED) is 0.560. The number of hydrogen-bond acceptors (Lipinski definition) is 7. The van der Waals surface area contributed by atoms with Crippen molar-refractivity contribution in [1.29, 1.82) is 0 Å². The zero-order valence-electron chi connectivity index (χ0n) is 16.9. The number of H-pyrrole nitrogens is 1. The number of amides is 1. The zero-order valence-corrected chi connectivity index (χ0v) is 18.5. The van der Waals surface area contributed by atoms with Gasteiger partial charge < -0.3 is 14.6 Å². The highest BCUT2D eigenvalue weighted by Gasteiger charge is 2.22. The first kappa shape index (κ1) is 20.9. The number of nitrogens with zero attached hydrogens (tertiary/aromatic N) is 4. The van der Waals surface area contributed by atoms with Gasteiger partial charge in [-0.2, -0.15) is 0 Å². The molecule has 0 bridgehead atoms. The number of carbonyl (C=O) groups is 1. The van der Waals surface area contributed by atoms with Crippen molar-refractivity contribution in [2.75, 3.05) is 32.7 Å². The minimum atomic E-state index is -0.275. The fourth-order valence-corrected chi connectivity index (χ4v) is 4.68. The maximum Gasteiger partial charge on any atom is 0.415 e. The molecule has 3 aromatic rings. The summed E-state index contributed by atoms with van der Waals surface area (Å²) in [6.07, 6.45) is 4.24. The molecule has 1 saturated heterocycles. The predicted molar refractivity (Wildman–Crippen MR) is 119 cm³/mol. The van der Waals surface area contributed by atoms with Crippen LogP contribution in [0.2, 0.25) is 0 Å². The summed E-state index contributed by atoms with van der Waals surface area (Å²) in [6, 6.07) is 7.66. The number of aryl methyl sites for hydroxylation is 1. The van der Waals surface area contributed by atoms with E-state index in [1.807, 2.05) is 37.4 Å². The first-order valence-corrected chi connectivity index (χ1v) is 11.8. The van der Waals surface area contributed by atoms with Crippen LogP contribution in [0.4, 0.5) is 4.79 Å². The van der Waals surface area contributed by atoms with Crippen LogP contribution in [0.3, 0.4) is 0 Å². The number of piperazine rings is 1. The number of carbonyl (C=O) groups excluding carboxylic acids is 1. The predicted octanol–water partition coefficient (Wildman–Crippen LogP) is 3.83. The number of thiazole rings is 1. The van der Waals surface area contributed by atoms with Gasteiger partial charge in [-0.3, -0.25) is 4.90 Å². The lowest BCUT2D eigenvalue weighted by Crippen LogP contribution is -2.49. The second kappa shape index (κ2) is 10.1. The van der Waals surface area contributed by atoms with Crippen molar-refractivity contribution in [3.05, 3.63) is 58.3 Å². The largest absolute Gasteiger partial charge is 0.415 e.